The third-order valence-corrected chi connectivity index (χ3v) is 5.52. The first-order valence-electron chi connectivity index (χ1n) is 8.77. The van der Waals surface area contributed by atoms with Crippen molar-refractivity contribution in [3.8, 4) is 11.3 Å². The van der Waals surface area contributed by atoms with Crippen LogP contribution in [-0.4, -0.2) is 39.0 Å². The molecule has 1 amide bonds. The first-order chi connectivity index (χ1) is 11.7. The van der Waals surface area contributed by atoms with E-state index in [1.165, 1.54) is 5.56 Å². The number of carbonyl (C=O) groups excluding carboxylic acids is 1. The highest BCUT2D eigenvalue weighted by Gasteiger charge is 2.46. The number of benzene rings is 1. The molecule has 0 radical (unpaired) electrons. The quantitative estimate of drug-likeness (QED) is 0.853. The minimum atomic E-state index is -0.248. The number of hydrogen-bond donors (Lipinski definition) is 0. The number of likely N-dealkylation sites (tertiary alicyclic amines) is 1. The molecule has 1 atom stereocenters. The average molecular weight is 323 g/mol. The Morgan fingerprint density at radius 2 is 2.04 bits per heavy atom. The molecule has 124 valence electrons. The second kappa shape index (κ2) is 5.18. The first kappa shape index (κ1) is 14.2. The number of ether oxygens (including phenoxy) is 1. The minimum Gasteiger partial charge on any atom is -0.363 e. The molecule has 0 N–H and O–H groups in total. The number of imidazole rings is 1. The van der Waals surface area contributed by atoms with Crippen molar-refractivity contribution in [2.75, 3.05) is 13.1 Å². The standard InChI is InChI=1S/C19H21N3O2/c23-18(15-6-7-15)21-9-8-19(12-21)13-22-16(10-20-17(22)11-24-19)14-4-2-1-3-5-14/h1-5,10,15H,6-9,11-13H2. The molecule has 0 bridgehead atoms. The number of amides is 1. The van der Waals surface area contributed by atoms with Crippen LogP contribution in [-0.2, 0) is 22.7 Å². The van der Waals surface area contributed by atoms with Crippen molar-refractivity contribution in [3.63, 3.8) is 0 Å². The second-order valence-electron chi connectivity index (χ2n) is 7.27. The Labute approximate surface area is 141 Å². The van der Waals surface area contributed by atoms with Crippen molar-refractivity contribution in [2.24, 2.45) is 5.92 Å². The number of fused-ring (bicyclic) bond motifs is 1. The highest BCUT2D eigenvalue weighted by Crippen LogP contribution is 2.38. The van der Waals surface area contributed by atoms with Crippen LogP contribution in [0.1, 0.15) is 25.1 Å². The normalized spacial score (nSPS) is 25.9. The van der Waals surface area contributed by atoms with E-state index in [0.29, 0.717) is 19.1 Å². The molecule has 1 saturated heterocycles. The van der Waals surface area contributed by atoms with E-state index in [0.717, 1.165) is 43.9 Å². The van der Waals surface area contributed by atoms with Gasteiger partial charge in [-0.3, -0.25) is 4.79 Å². The van der Waals surface area contributed by atoms with Crippen LogP contribution in [0.15, 0.2) is 36.5 Å². The lowest BCUT2D eigenvalue weighted by atomic mass is 10.0. The summed E-state index contributed by atoms with van der Waals surface area (Å²) < 4.78 is 8.49. The molecular weight excluding hydrogens is 302 g/mol. The van der Waals surface area contributed by atoms with Crippen molar-refractivity contribution in [1.82, 2.24) is 14.5 Å². The second-order valence-corrected chi connectivity index (χ2v) is 7.27. The van der Waals surface area contributed by atoms with Gasteiger partial charge in [-0.15, -0.1) is 0 Å². The van der Waals surface area contributed by atoms with Crippen LogP contribution < -0.4 is 0 Å². The van der Waals surface area contributed by atoms with Gasteiger partial charge in [-0.25, -0.2) is 4.98 Å². The summed E-state index contributed by atoms with van der Waals surface area (Å²) in [5.74, 6) is 1.59. The summed E-state index contributed by atoms with van der Waals surface area (Å²) in [5.41, 5.74) is 2.07. The summed E-state index contributed by atoms with van der Waals surface area (Å²) in [5, 5.41) is 0. The molecule has 1 spiro atoms. The largest absolute Gasteiger partial charge is 0.363 e. The molecule has 24 heavy (non-hydrogen) atoms. The molecule has 2 fully saturated rings. The minimum absolute atomic E-state index is 0.248. The molecule has 1 aromatic carbocycles. The zero-order valence-electron chi connectivity index (χ0n) is 13.6. The van der Waals surface area contributed by atoms with Crippen LogP contribution in [0.2, 0.25) is 0 Å². The molecule has 3 heterocycles. The molecule has 2 aliphatic heterocycles. The van der Waals surface area contributed by atoms with E-state index in [2.05, 4.69) is 33.8 Å². The van der Waals surface area contributed by atoms with E-state index in [-0.39, 0.29) is 11.5 Å². The van der Waals surface area contributed by atoms with Crippen LogP contribution in [0, 0.1) is 5.92 Å². The van der Waals surface area contributed by atoms with E-state index in [9.17, 15) is 4.79 Å². The van der Waals surface area contributed by atoms with Crippen LogP contribution in [0.3, 0.4) is 0 Å². The summed E-state index contributed by atoms with van der Waals surface area (Å²) in [4.78, 5) is 18.9. The van der Waals surface area contributed by atoms with Gasteiger partial charge in [0.1, 0.15) is 18.0 Å². The topological polar surface area (TPSA) is 47.4 Å². The lowest BCUT2D eigenvalue weighted by Gasteiger charge is -2.35. The van der Waals surface area contributed by atoms with E-state index in [1.54, 1.807) is 0 Å². The number of hydrogen-bond acceptors (Lipinski definition) is 3. The van der Waals surface area contributed by atoms with Gasteiger partial charge >= 0.3 is 0 Å². The van der Waals surface area contributed by atoms with Crippen molar-refractivity contribution < 1.29 is 9.53 Å². The highest BCUT2D eigenvalue weighted by atomic mass is 16.5. The van der Waals surface area contributed by atoms with Gasteiger partial charge in [0.25, 0.3) is 0 Å². The molecule has 1 aromatic heterocycles. The van der Waals surface area contributed by atoms with Gasteiger partial charge in [-0.1, -0.05) is 30.3 Å². The Morgan fingerprint density at radius 1 is 1.21 bits per heavy atom. The van der Waals surface area contributed by atoms with E-state index < -0.39 is 0 Å². The Morgan fingerprint density at radius 3 is 2.83 bits per heavy atom. The lowest BCUT2D eigenvalue weighted by Crippen LogP contribution is -2.45. The molecule has 1 saturated carbocycles. The maximum absolute atomic E-state index is 12.4. The van der Waals surface area contributed by atoms with Gasteiger partial charge < -0.3 is 14.2 Å². The molecule has 1 aliphatic carbocycles. The molecule has 5 rings (SSSR count). The SMILES string of the molecule is O=C(C1CC1)N1CCC2(C1)Cn1c(-c3ccccc3)cnc1CO2. The third-order valence-electron chi connectivity index (χ3n) is 5.52. The monoisotopic (exact) mass is 323 g/mol. The summed E-state index contributed by atoms with van der Waals surface area (Å²) in [6, 6.07) is 10.4. The van der Waals surface area contributed by atoms with Gasteiger partial charge in [-0.05, 0) is 24.8 Å². The molecule has 5 nitrogen and oxygen atoms in total. The van der Waals surface area contributed by atoms with Crippen LogP contribution in [0.4, 0.5) is 0 Å². The summed E-state index contributed by atoms with van der Waals surface area (Å²) in [6.07, 6.45) is 4.98. The average Bonchev–Trinajstić information content (AvgIpc) is 3.27. The van der Waals surface area contributed by atoms with E-state index in [1.807, 2.05) is 17.2 Å². The fourth-order valence-electron chi connectivity index (χ4n) is 3.96. The number of carbonyl (C=O) groups is 1. The van der Waals surface area contributed by atoms with Crippen molar-refractivity contribution in [3.05, 3.63) is 42.4 Å². The fraction of sp³-hybridized carbons (Fsp3) is 0.474. The zero-order chi connectivity index (χ0) is 16.1. The molecule has 2 aromatic rings. The summed E-state index contributed by atoms with van der Waals surface area (Å²) in [6.45, 7) is 2.84. The van der Waals surface area contributed by atoms with Gasteiger partial charge in [0.05, 0.1) is 25.0 Å². The Hall–Kier alpha value is -2.14. The van der Waals surface area contributed by atoms with Crippen LogP contribution in [0.5, 0.6) is 0 Å². The predicted octanol–water partition coefficient (Wildman–Crippen LogP) is 2.46. The van der Waals surface area contributed by atoms with Crippen molar-refractivity contribution >= 4 is 5.91 Å². The molecular formula is C19H21N3O2. The maximum Gasteiger partial charge on any atom is 0.225 e. The predicted molar refractivity (Wildman–Crippen MR) is 89.1 cm³/mol. The van der Waals surface area contributed by atoms with E-state index >= 15 is 0 Å². The molecule has 3 aliphatic rings. The number of nitrogens with zero attached hydrogens (tertiary/aromatic N) is 3. The Bertz CT molecular complexity index is 781. The highest BCUT2D eigenvalue weighted by molar-refractivity contribution is 5.81. The van der Waals surface area contributed by atoms with Gasteiger partial charge in [0.2, 0.25) is 5.91 Å². The molecule has 5 heteroatoms. The number of rotatable bonds is 2. The Kier molecular flexibility index (Phi) is 3.07. The molecule has 1 unspecified atom stereocenters. The third kappa shape index (κ3) is 2.26. The van der Waals surface area contributed by atoms with Gasteiger partial charge in [0.15, 0.2) is 0 Å². The zero-order valence-corrected chi connectivity index (χ0v) is 13.6. The fourth-order valence-corrected chi connectivity index (χ4v) is 3.96. The Balaban J connectivity index is 1.42. The smallest absolute Gasteiger partial charge is 0.225 e. The van der Waals surface area contributed by atoms with Gasteiger partial charge in [0, 0.05) is 12.5 Å². The van der Waals surface area contributed by atoms with Crippen molar-refractivity contribution in [1.29, 1.82) is 0 Å². The number of aromatic nitrogens is 2. The summed E-state index contributed by atoms with van der Waals surface area (Å²) in [7, 11) is 0. The first-order valence-corrected chi connectivity index (χ1v) is 8.77. The summed E-state index contributed by atoms with van der Waals surface area (Å²) >= 11 is 0. The van der Waals surface area contributed by atoms with E-state index in [4.69, 9.17) is 4.74 Å². The van der Waals surface area contributed by atoms with Gasteiger partial charge in [-0.2, -0.15) is 0 Å². The van der Waals surface area contributed by atoms with Crippen molar-refractivity contribution in [2.45, 2.75) is 38.0 Å². The van der Waals surface area contributed by atoms with Crippen LogP contribution in [0.25, 0.3) is 11.3 Å². The maximum atomic E-state index is 12.4. The van der Waals surface area contributed by atoms with Crippen LogP contribution >= 0.6 is 0 Å². The lowest BCUT2D eigenvalue weighted by molar-refractivity contribution is -0.134.